The number of rotatable bonds is 5. The minimum absolute atomic E-state index is 0.251. The van der Waals surface area contributed by atoms with Crippen molar-refractivity contribution in [1.29, 1.82) is 0 Å². The van der Waals surface area contributed by atoms with Crippen molar-refractivity contribution in [3.05, 3.63) is 23.8 Å². The van der Waals surface area contributed by atoms with Crippen molar-refractivity contribution in [1.82, 2.24) is 10.2 Å². The highest BCUT2D eigenvalue weighted by Gasteiger charge is 2.30. The van der Waals surface area contributed by atoms with Crippen molar-refractivity contribution in [2.75, 3.05) is 27.3 Å². The average Bonchev–Trinajstić information content (AvgIpc) is 3.02. The maximum absolute atomic E-state index is 12.1. The van der Waals surface area contributed by atoms with Gasteiger partial charge in [0, 0.05) is 31.3 Å². The van der Waals surface area contributed by atoms with Crippen LogP contribution in [0.3, 0.4) is 0 Å². The molecule has 0 spiro atoms. The van der Waals surface area contributed by atoms with Crippen molar-refractivity contribution in [3.63, 3.8) is 0 Å². The summed E-state index contributed by atoms with van der Waals surface area (Å²) in [6.45, 7) is 1.02. The van der Waals surface area contributed by atoms with E-state index in [9.17, 15) is 9.59 Å². The molecule has 0 bridgehead atoms. The van der Waals surface area contributed by atoms with Gasteiger partial charge in [0.15, 0.2) is 0 Å². The Morgan fingerprint density at radius 3 is 2.73 bits per heavy atom. The first kappa shape index (κ1) is 15.9. The summed E-state index contributed by atoms with van der Waals surface area (Å²) in [5.74, 6) is -0.0198. The highest BCUT2D eigenvalue weighted by Crippen LogP contribution is 2.24. The van der Waals surface area contributed by atoms with E-state index >= 15 is 0 Å². The largest absolute Gasteiger partial charge is 0.497 e. The summed E-state index contributed by atoms with van der Waals surface area (Å²) in [7, 11) is 3.13. The quantitative estimate of drug-likeness (QED) is 0.856. The predicted molar refractivity (Wildman–Crippen MR) is 79.1 cm³/mol. The minimum Gasteiger partial charge on any atom is -0.497 e. The molecule has 1 heterocycles. The summed E-state index contributed by atoms with van der Waals surface area (Å²) in [4.78, 5) is 24.5. The number of carboxylic acid groups (broad SMARTS) is 1. The Morgan fingerprint density at radius 2 is 2.14 bits per heavy atom. The molecule has 1 aliphatic rings. The third-order valence-electron chi connectivity index (χ3n) is 3.75. The van der Waals surface area contributed by atoms with E-state index in [-0.39, 0.29) is 12.6 Å². The molecule has 0 aliphatic carbocycles. The van der Waals surface area contributed by atoms with Crippen LogP contribution in [0.5, 0.6) is 11.5 Å². The SMILES string of the molecule is COc1ccc(CNC(=O)N2CCC(C(=O)O)C2)c(OC)c1. The lowest BCUT2D eigenvalue weighted by molar-refractivity contribution is -0.141. The first-order valence-corrected chi connectivity index (χ1v) is 7.01. The summed E-state index contributed by atoms with van der Waals surface area (Å²) in [6.07, 6.45) is 0.495. The Labute approximate surface area is 128 Å². The van der Waals surface area contributed by atoms with Gasteiger partial charge in [-0.05, 0) is 18.6 Å². The average molecular weight is 308 g/mol. The van der Waals surface area contributed by atoms with Crippen LogP contribution < -0.4 is 14.8 Å². The van der Waals surface area contributed by atoms with Crippen molar-refractivity contribution in [2.45, 2.75) is 13.0 Å². The van der Waals surface area contributed by atoms with E-state index < -0.39 is 11.9 Å². The van der Waals surface area contributed by atoms with E-state index in [1.54, 1.807) is 26.4 Å². The number of likely N-dealkylation sites (tertiary alicyclic amines) is 1. The number of aliphatic carboxylic acids is 1. The second kappa shape index (κ2) is 7.02. The van der Waals surface area contributed by atoms with Gasteiger partial charge in [-0.2, -0.15) is 0 Å². The molecule has 1 fully saturated rings. The molecule has 1 atom stereocenters. The molecular weight excluding hydrogens is 288 g/mol. The second-order valence-corrected chi connectivity index (χ2v) is 5.11. The molecule has 22 heavy (non-hydrogen) atoms. The number of benzene rings is 1. The molecular formula is C15H20N2O5. The number of nitrogens with zero attached hydrogens (tertiary/aromatic N) is 1. The molecule has 0 aromatic heterocycles. The molecule has 1 aromatic rings. The molecule has 7 nitrogen and oxygen atoms in total. The number of urea groups is 1. The lowest BCUT2D eigenvalue weighted by atomic mass is 10.1. The van der Waals surface area contributed by atoms with Gasteiger partial charge in [0.25, 0.3) is 0 Å². The van der Waals surface area contributed by atoms with Crippen molar-refractivity contribution < 1.29 is 24.2 Å². The van der Waals surface area contributed by atoms with E-state index in [0.717, 1.165) is 5.56 Å². The molecule has 1 saturated heterocycles. The van der Waals surface area contributed by atoms with Crippen LogP contribution in [0.4, 0.5) is 4.79 Å². The molecule has 2 rings (SSSR count). The van der Waals surface area contributed by atoms with E-state index in [2.05, 4.69) is 5.32 Å². The number of nitrogens with one attached hydrogen (secondary N) is 1. The summed E-state index contributed by atoms with van der Waals surface area (Å²) in [6, 6.07) is 5.10. The van der Waals surface area contributed by atoms with Gasteiger partial charge in [-0.1, -0.05) is 0 Å². The number of carboxylic acids is 1. The lowest BCUT2D eigenvalue weighted by Crippen LogP contribution is -2.38. The summed E-state index contributed by atoms with van der Waals surface area (Å²) in [5, 5.41) is 11.7. The maximum atomic E-state index is 12.1. The van der Waals surface area contributed by atoms with E-state index in [1.807, 2.05) is 6.07 Å². The molecule has 2 N–H and O–H groups in total. The van der Waals surface area contributed by atoms with Gasteiger partial charge in [0.2, 0.25) is 0 Å². The first-order valence-electron chi connectivity index (χ1n) is 7.01. The third kappa shape index (κ3) is 3.60. The number of hydrogen-bond donors (Lipinski definition) is 2. The molecule has 2 amide bonds. The molecule has 1 aromatic carbocycles. The Morgan fingerprint density at radius 1 is 1.36 bits per heavy atom. The van der Waals surface area contributed by atoms with Crippen LogP contribution in [-0.4, -0.2) is 49.3 Å². The van der Waals surface area contributed by atoms with Gasteiger partial charge in [-0.15, -0.1) is 0 Å². The minimum atomic E-state index is -0.855. The zero-order chi connectivity index (χ0) is 16.1. The Hall–Kier alpha value is -2.44. The highest BCUT2D eigenvalue weighted by atomic mass is 16.5. The summed E-state index contributed by atoms with van der Waals surface area (Å²) in [5.41, 5.74) is 0.825. The zero-order valence-corrected chi connectivity index (χ0v) is 12.7. The number of carbonyl (C=O) groups excluding carboxylic acids is 1. The van der Waals surface area contributed by atoms with Crippen LogP contribution in [-0.2, 0) is 11.3 Å². The van der Waals surface area contributed by atoms with Crippen LogP contribution >= 0.6 is 0 Å². The monoisotopic (exact) mass is 308 g/mol. The number of methoxy groups -OCH3 is 2. The topological polar surface area (TPSA) is 88.1 Å². The van der Waals surface area contributed by atoms with Gasteiger partial charge in [-0.3, -0.25) is 4.79 Å². The van der Waals surface area contributed by atoms with Gasteiger partial charge >= 0.3 is 12.0 Å². The van der Waals surface area contributed by atoms with E-state index in [4.69, 9.17) is 14.6 Å². The van der Waals surface area contributed by atoms with Gasteiger partial charge in [0.1, 0.15) is 11.5 Å². The normalized spacial score (nSPS) is 17.2. The third-order valence-corrected chi connectivity index (χ3v) is 3.75. The van der Waals surface area contributed by atoms with E-state index in [1.165, 1.54) is 4.90 Å². The Bertz CT molecular complexity index is 561. The number of hydrogen-bond acceptors (Lipinski definition) is 4. The maximum Gasteiger partial charge on any atom is 0.317 e. The predicted octanol–water partition coefficient (Wildman–Crippen LogP) is 1.32. The van der Waals surface area contributed by atoms with Gasteiger partial charge in [-0.25, -0.2) is 4.79 Å². The van der Waals surface area contributed by atoms with Crippen LogP contribution in [0.2, 0.25) is 0 Å². The van der Waals surface area contributed by atoms with E-state index in [0.29, 0.717) is 31.0 Å². The fraction of sp³-hybridized carbons (Fsp3) is 0.467. The number of ether oxygens (including phenoxy) is 2. The van der Waals surface area contributed by atoms with Gasteiger partial charge < -0.3 is 24.8 Å². The molecule has 1 unspecified atom stereocenters. The zero-order valence-electron chi connectivity index (χ0n) is 12.7. The summed E-state index contributed by atoms with van der Waals surface area (Å²) < 4.78 is 10.4. The summed E-state index contributed by atoms with van der Waals surface area (Å²) >= 11 is 0. The fourth-order valence-electron chi connectivity index (χ4n) is 2.43. The van der Waals surface area contributed by atoms with Gasteiger partial charge in [0.05, 0.1) is 20.1 Å². The Balaban J connectivity index is 1.93. The number of amides is 2. The van der Waals surface area contributed by atoms with Crippen LogP contribution in [0.15, 0.2) is 18.2 Å². The molecule has 0 saturated carbocycles. The van der Waals surface area contributed by atoms with Crippen molar-refractivity contribution >= 4 is 12.0 Å². The molecule has 120 valence electrons. The smallest absolute Gasteiger partial charge is 0.317 e. The molecule has 7 heteroatoms. The van der Waals surface area contributed by atoms with Crippen molar-refractivity contribution in [2.24, 2.45) is 5.92 Å². The highest BCUT2D eigenvalue weighted by molar-refractivity contribution is 5.77. The first-order chi connectivity index (χ1) is 10.5. The number of carbonyl (C=O) groups is 2. The van der Waals surface area contributed by atoms with Crippen LogP contribution in [0, 0.1) is 5.92 Å². The van der Waals surface area contributed by atoms with Crippen LogP contribution in [0.25, 0.3) is 0 Å². The molecule has 1 aliphatic heterocycles. The van der Waals surface area contributed by atoms with Crippen LogP contribution in [0.1, 0.15) is 12.0 Å². The lowest BCUT2D eigenvalue weighted by Gasteiger charge is -2.17. The fourth-order valence-corrected chi connectivity index (χ4v) is 2.43. The molecule has 0 radical (unpaired) electrons. The standard InChI is InChI=1S/C15H20N2O5/c1-21-12-4-3-10(13(7-12)22-2)8-16-15(20)17-6-5-11(9-17)14(18)19/h3-4,7,11H,5-6,8-9H2,1-2H3,(H,16,20)(H,18,19). The Kier molecular flexibility index (Phi) is 5.08. The second-order valence-electron chi connectivity index (χ2n) is 5.11. The van der Waals surface area contributed by atoms with Crippen molar-refractivity contribution in [3.8, 4) is 11.5 Å².